The zero-order chi connectivity index (χ0) is 13.8. The van der Waals surface area contributed by atoms with E-state index in [1.807, 2.05) is 0 Å². The zero-order valence-electron chi connectivity index (χ0n) is 9.79. The van der Waals surface area contributed by atoms with E-state index in [-0.39, 0.29) is 6.54 Å². The number of alkyl halides is 3. The third kappa shape index (κ3) is 4.94. The number of nitrogen functional groups attached to an aromatic ring is 1. The number of nitrogens with zero attached hydrogens (tertiary/aromatic N) is 1. The Morgan fingerprint density at radius 1 is 1.33 bits per heavy atom. The molecule has 0 atom stereocenters. The van der Waals surface area contributed by atoms with Gasteiger partial charge in [0.15, 0.2) is 0 Å². The van der Waals surface area contributed by atoms with Gasteiger partial charge in [0.05, 0.1) is 0 Å². The van der Waals surface area contributed by atoms with Crippen LogP contribution in [0.4, 0.5) is 23.7 Å². The molecular formula is C11H14F3N3O. The van der Waals surface area contributed by atoms with E-state index in [2.05, 4.69) is 0 Å². The van der Waals surface area contributed by atoms with Crippen molar-refractivity contribution in [3.63, 3.8) is 0 Å². The Hall–Kier alpha value is -1.92. The first-order valence-electron chi connectivity index (χ1n) is 5.18. The molecule has 1 aromatic carbocycles. The van der Waals surface area contributed by atoms with Crippen LogP contribution in [0.3, 0.4) is 0 Å². The fourth-order valence-electron chi connectivity index (χ4n) is 1.28. The van der Waals surface area contributed by atoms with Crippen LogP contribution in [-0.4, -0.2) is 30.7 Å². The van der Waals surface area contributed by atoms with Crippen molar-refractivity contribution in [3.8, 4) is 0 Å². The van der Waals surface area contributed by atoms with Crippen LogP contribution in [0.5, 0.6) is 0 Å². The molecule has 0 heterocycles. The van der Waals surface area contributed by atoms with E-state index in [9.17, 15) is 18.0 Å². The summed E-state index contributed by atoms with van der Waals surface area (Å²) in [4.78, 5) is 12.5. The number of amides is 2. The number of carbonyl (C=O) groups excluding carboxylic acids is 1. The minimum atomic E-state index is -4.41. The highest BCUT2D eigenvalue weighted by Crippen LogP contribution is 2.12. The Bertz CT molecular complexity index is 403. The van der Waals surface area contributed by atoms with Gasteiger partial charge in [-0.3, -0.25) is 0 Å². The second-order valence-electron chi connectivity index (χ2n) is 3.87. The molecule has 4 nitrogen and oxygen atoms in total. The van der Waals surface area contributed by atoms with Crippen molar-refractivity contribution in [2.75, 3.05) is 19.3 Å². The molecular weight excluding hydrogens is 247 g/mol. The summed E-state index contributed by atoms with van der Waals surface area (Å²) >= 11 is 0. The zero-order valence-corrected chi connectivity index (χ0v) is 9.79. The lowest BCUT2D eigenvalue weighted by atomic mass is 10.2. The average Bonchev–Trinajstić information content (AvgIpc) is 2.28. The van der Waals surface area contributed by atoms with Gasteiger partial charge in [0.1, 0.15) is 6.54 Å². The molecule has 0 unspecified atom stereocenters. The molecule has 0 spiro atoms. The maximum absolute atomic E-state index is 11.9. The highest BCUT2D eigenvalue weighted by atomic mass is 19.4. The largest absolute Gasteiger partial charge is 0.405 e. The van der Waals surface area contributed by atoms with Gasteiger partial charge in [-0.15, -0.1) is 0 Å². The molecule has 18 heavy (non-hydrogen) atoms. The number of nitrogens with one attached hydrogen (secondary N) is 1. The van der Waals surface area contributed by atoms with Crippen LogP contribution in [0.2, 0.25) is 0 Å². The van der Waals surface area contributed by atoms with Gasteiger partial charge < -0.3 is 16.0 Å². The summed E-state index contributed by atoms with van der Waals surface area (Å²) in [5.41, 5.74) is 6.87. The Morgan fingerprint density at radius 3 is 2.39 bits per heavy atom. The second kappa shape index (κ2) is 5.61. The molecule has 0 aliphatic carbocycles. The third-order valence-electron chi connectivity index (χ3n) is 2.19. The molecule has 7 heteroatoms. The smallest absolute Gasteiger partial charge is 0.399 e. The minimum absolute atomic E-state index is 0.212. The number of hydrogen-bond donors (Lipinski definition) is 2. The van der Waals surface area contributed by atoms with Gasteiger partial charge in [-0.05, 0) is 17.7 Å². The molecule has 2 amide bonds. The molecule has 0 fully saturated rings. The second-order valence-corrected chi connectivity index (χ2v) is 3.87. The highest BCUT2D eigenvalue weighted by Gasteiger charge is 2.28. The van der Waals surface area contributed by atoms with Gasteiger partial charge in [0.25, 0.3) is 0 Å². The normalized spacial score (nSPS) is 11.1. The summed E-state index contributed by atoms with van der Waals surface area (Å²) in [5, 5.41) is 1.79. The number of benzene rings is 1. The van der Waals surface area contributed by atoms with Gasteiger partial charge in [0.2, 0.25) is 0 Å². The van der Waals surface area contributed by atoms with Crippen LogP contribution in [0, 0.1) is 0 Å². The minimum Gasteiger partial charge on any atom is -0.399 e. The number of urea groups is 1. The number of halogens is 3. The van der Waals surface area contributed by atoms with Crippen molar-refractivity contribution in [2.45, 2.75) is 12.7 Å². The monoisotopic (exact) mass is 261 g/mol. The lowest BCUT2D eigenvalue weighted by Crippen LogP contribution is -2.41. The number of nitrogens with two attached hydrogens (primary N) is 1. The van der Waals surface area contributed by atoms with E-state index in [1.54, 1.807) is 29.6 Å². The molecule has 0 aliphatic rings. The summed E-state index contributed by atoms with van der Waals surface area (Å²) in [6, 6.07) is 5.98. The molecule has 0 saturated heterocycles. The van der Waals surface area contributed by atoms with Crippen molar-refractivity contribution >= 4 is 11.7 Å². The predicted octanol–water partition coefficient (Wildman–Crippen LogP) is 1.97. The first-order chi connectivity index (χ1) is 8.28. The Labute approximate surface area is 103 Å². The fraction of sp³-hybridized carbons (Fsp3) is 0.364. The van der Waals surface area contributed by atoms with Crippen LogP contribution in [0.25, 0.3) is 0 Å². The van der Waals surface area contributed by atoms with Crippen LogP contribution in [0.15, 0.2) is 24.3 Å². The average molecular weight is 261 g/mol. The van der Waals surface area contributed by atoms with E-state index in [4.69, 9.17) is 5.73 Å². The fourth-order valence-corrected chi connectivity index (χ4v) is 1.28. The van der Waals surface area contributed by atoms with Gasteiger partial charge in [-0.25, -0.2) is 4.79 Å². The van der Waals surface area contributed by atoms with Gasteiger partial charge in [-0.1, -0.05) is 12.1 Å². The lowest BCUT2D eigenvalue weighted by molar-refractivity contribution is -0.123. The SMILES string of the molecule is CN(Cc1ccc(N)cc1)C(=O)NCC(F)(F)F. The van der Waals surface area contributed by atoms with E-state index < -0.39 is 18.8 Å². The van der Waals surface area contributed by atoms with Crippen molar-refractivity contribution in [3.05, 3.63) is 29.8 Å². The highest BCUT2D eigenvalue weighted by molar-refractivity contribution is 5.73. The van der Waals surface area contributed by atoms with Crippen LogP contribution < -0.4 is 11.1 Å². The standard InChI is InChI=1S/C11H14F3N3O/c1-17(10(18)16-7-11(12,13)14)6-8-2-4-9(15)5-3-8/h2-5H,6-7,15H2,1H3,(H,16,18). The summed E-state index contributed by atoms with van der Waals surface area (Å²) in [6.45, 7) is -1.12. The Balaban J connectivity index is 2.47. The summed E-state index contributed by atoms with van der Waals surface area (Å²) < 4.78 is 35.7. The molecule has 3 N–H and O–H groups in total. The topological polar surface area (TPSA) is 58.4 Å². The predicted molar refractivity (Wildman–Crippen MR) is 61.8 cm³/mol. The van der Waals surface area contributed by atoms with E-state index in [0.29, 0.717) is 5.69 Å². The molecule has 1 rings (SSSR count). The quantitative estimate of drug-likeness (QED) is 0.817. The Kier molecular flexibility index (Phi) is 4.41. The maximum atomic E-state index is 11.9. The molecule has 0 aliphatic heterocycles. The first kappa shape index (κ1) is 14.1. The van der Waals surface area contributed by atoms with Crippen LogP contribution >= 0.6 is 0 Å². The third-order valence-corrected chi connectivity index (χ3v) is 2.19. The lowest BCUT2D eigenvalue weighted by Gasteiger charge is -2.18. The van der Waals surface area contributed by atoms with Gasteiger partial charge >= 0.3 is 12.2 Å². The molecule has 0 saturated carbocycles. The first-order valence-corrected chi connectivity index (χ1v) is 5.18. The van der Waals surface area contributed by atoms with Crippen molar-refractivity contribution in [2.24, 2.45) is 0 Å². The summed E-state index contributed by atoms with van der Waals surface area (Å²) in [6.07, 6.45) is -4.41. The Morgan fingerprint density at radius 2 is 1.89 bits per heavy atom. The number of hydrogen-bond acceptors (Lipinski definition) is 2. The van der Waals surface area contributed by atoms with Crippen LogP contribution in [-0.2, 0) is 6.54 Å². The van der Waals surface area contributed by atoms with E-state index >= 15 is 0 Å². The van der Waals surface area contributed by atoms with Crippen LogP contribution in [0.1, 0.15) is 5.56 Å². The summed E-state index contributed by atoms with van der Waals surface area (Å²) in [5.74, 6) is 0. The number of carbonyl (C=O) groups is 1. The van der Waals surface area contributed by atoms with E-state index in [0.717, 1.165) is 10.5 Å². The van der Waals surface area contributed by atoms with Crippen molar-refractivity contribution in [1.82, 2.24) is 10.2 Å². The molecule has 0 radical (unpaired) electrons. The number of rotatable bonds is 3. The van der Waals surface area contributed by atoms with Gasteiger partial charge in [0, 0.05) is 19.3 Å². The molecule has 1 aromatic rings. The molecule has 100 valence electrons. The van der Waals surface area contributed by atoms with E-state index in [1.165, 1.54) is 7.05 Å². The summed E-state index contributed by atoms with van der Waals surface area (Å²) in [7, 11) is 1.42. The van der Waals surface area contributed by atoms with Crippen molar-refractivity contribution < 1.29 is 18.0 Å². The molecule has 0 bridgehead atoms. The van der Waals surface area contributed by atoms with Gasteiger partial charge in [-0.2, -0.15) is 13.2 Å². The number of anilines is 1. The maximum Gasteiger partial charge on any atom is 0.405 e. The molecule has 0 aromatic heterocycles. The van der Waals surface area contributed by atoms with Crippen molar-refractivity contribution in [1.29, 1.82) is 0 Å².